The Morgan fingerprint density at radius 3 is 2.24 bits per heavy atom. The summed E-state index contributed by atoms with van der Waals surface area (Å²) in [7, 11) is 0. The SMILES string of the molecule is C=C(Br)/C=C\Nc1ccc(CCc2ccccc2C)c(C)c1.C=CN. The van der Waals surface area contributed by atoms with E-state index in [0.717, 1.165) is 23.0 Å². The molecule has 2 nitrogen and oxygen atoms in total. The fourth-order valence-electron chi connectivity index (χ4n) is 2.45. The molecule has 0 bridgehead atoms. The third-order valence-corrected chi connectivity index (χ3v) is 4.05. The van der Waals surface area contributed by atoms with Gasteiger partial charge in [0.05, 0.1) is 0 Å². The Hall–Kier alpha value is -2.26. The number of hydrogen-bond acceptors (Lipinski definition) is 2. The average molecular weight is 399 g/mol. The highest BCUT2D eigenvalue weighted by Crippen LogP contribution is 2.18. The molecule has 2 rings (SSSR count). The van der Waals surface area contributed by atoms with Crippen molar-refractivity contribution in [2.24, 2.45) is 5.73 Å². The Morgan fingerprint density at radius 1 is 1.08 bits per heavy atom. The summed E-state index contributed by atoms with van der Waals surface area (Å²) in [4.78, 5) is 0. The first kappa shape index (κ1) is 20.8. The standard InChI is InChI=1S/C20H22BrN.C2H5N/c1-15-6-4-5-7-18(15)8-9-19-10-11-20(14-16(19)2)22-13-12-17(3)21;1-2-3/h4-7,10-14,22H,3,8-9H2,1-2H3;2H,1,3H2/b13-12-;. The maximum Gasteiger partial charge on any atom is 0.0382 e. The summed E-state index contributed by atoms with van der Waals surface area (Å²) < 4.78 is 0.853. The summed E-state index contributed by atoms with van der Waals surface area (Å²) in [6.45, 7) is 11.3. The molecule has 0 aliphatic carbocycles. The van der Waals surface area contributed by atoms with E-state index >= 15 is 0 Å². The Morgan fingerprint density at radius 2 is 1.68 bits per heavy atom. The molecule has 0 saturated heterocycles. The zero-order valence-electron chi connectivity index (χ0n) is 15.1. The number of aryl methyl sites for hydroxylation is 4. The van der Waals surface area contributed by atoms with Gasteiger partial charge in [-0.2, -0.15) is 0 Å². The van der Waals surface area contributed by atoms with Gasteiger partial charge in [0, 0.05) is 16.4 Å². The van der Waals surface area contributed by atoms with Crippen LogP contribution in [0.25, 0.3) is 0 Å². The molecule has 0 heterocycles. The van der Waals surface area contributed by atoms with E-state index in [4.69, 9.17) is 0 Å². The molecule has 2 aromatic rings. The molecule has 0 aliphatic rings. The van der Waals surface area contributed by atoms with Gasteiger partial charge in [0.1, 0.15) is 0 Å². The minimum absolute atomic E-state index is 0.853. The molecule has 0 saturated carbocycles. The second kappa shape index (κ2) is 11.3. The van der Waals surface area contributed by atoms with E-state index in [-0.39, 0.29) is 0 Å². The van der Waals surface area contributed by atoms with Crippen LogP contribution < -0.4 is 11.1 Å². The maximum absolute atomic E-state index is 4.61. The van der Waals surface area contributed by atoms with Gasteiger partial charge in [-0.25, -0.2) is 0 Å². The number of benzene rings is 2. The number of nitrogens with two attached hydrogens (primary N) is 1. The van der Waals surface area contributed by atoms with E-state index in [1.165, 1.54) is 28.5 Å². The zero-order valence-corrected chi connectivity index (χ0v) is 16.6. The highest BCUT2D eigenvalue weighted by molar-refractivity contribution is 9.11. The molecule has 25 heavy (non-hydrogen) atoms. The van der Waals surface area contributed by atoms with Crippen LogP contribution in [0, 0.1) is 13.8 Å². The van der Waals surface area contributed by atoms with Crippen molar-refractivity contribution in [1.82, 2.24) is 0 Å². The van der Waals surface area contributed by atoms with Crippen LogP contribution in [-0.4, -0.2) is 0 Å². The van der Waals surface area contributed by atoms with Gasteiger partial charge >= 0.3 is 0 Å². The topological polar surface area (TPSA) is 38.0 Å². The Balaban J connectivity index is 0.000000970. The fraction of sp³-hybridized carbons (Fsp3) is 0.182. The van der Waals surface area contributed by atoms with E-state index in [1.54, 1.807) is 0 Å². The fourth-order valence-corrected chi connectivity index (χ4v) is 2.59. The lowest BCUT2D eigenvalue weighted by atomic mass is 9.98. The molecular weight excluding hydrogens is 372 g/mol. The highest BCUT2D eigenvalue weighted by atomic mass is 79.9. The van der Waals surface area contributed by atoms with Crippen molar-refractivity contribution < 1.29 is 0 Å². The summed E-state index contributed by atoms with van der Waals surface area (Å²) in [6, 6.07) is 15.1. The number of halogens is 1. The van der Waals surface area contributed by atoms with Crippen molar-refractivity contribution in [3.05, 3.63) is 101 Å². The molecule has 0 amide bonds. The summed E-state index contributed by atoms with van der Waals surface area (Å²) in [5.41, 5.74) is 11.2. The molecule has 0 fully saturated rings. The van der Waals surface area contributed by atoms with E-state index in [2.05, 4.69) is 96.5 Å². The first-order valence-corrected chi connectivity index (χ1v) is 9.01. The summed E-state index contributed by atoms with van der Waals surface area (Å²) in [6.07, 6.45) is 7.19. The van der Waals surface area contributed by atoms with Gasteiger partial charge < -0.3 is 11.1 Å². The van der Waals surface area contributed by atoms with Gasteiger partial charge in [-0.1, -0.05) is 59.4 Å². The largest absolute Gasteiger partial charge is 0.405 e. The molecule has 0 aromatic heterocycles. The first-order chi connectivity index (χ1) is 12.0. The van der Waals surface area contributed by atoms with Gasteiger partial charge in [0.15, 0.2) is 0 Å². The number of rotatable bonds is 6. The number of anilines is 1. The number of allylic oxidation sites excluding steroid dienone is 2. The summed E-state index contributed by atoms with van der Waals surface area (Å²) >= 11 is 3.30. The number of nitrogens with one attached hydrogen (secondary N) is 1. The minimum Gasteiger partial charge on any atom is -0.405 e. The van der Waals surface area contributed by atoms with Crippen molar-refractivity contribution in [2.75, 3.05) is 5.32 Å². The molecule has 3 heteroatoms. The average Bonchev–Trinajstić information content (AvgIpc) is 2.56. The van der Waals surface area contributed by atoms with Crippen LogP contribution in [0.15, 0.2) is 78.6 Å². The minimum atomic E-state index is 0.853. The van der Waals surface area contributed by atoms with Crippen LogP contribution in [0.3, 0.4) is 0 Å². The molecule has 3 N–H and O–H groups in total. The second-order valence-electron chi connectivity index (χ2n) is 5.73. The van der Waals surface area contributed by atoms with Crippen LogP contribution >= 0.6 is 15.9 Å². The number of hydrogen-bond donors (Lipinski definition) is 2. The lowest BCUT2D eigenvalue weighted by Crippen LogP contribution is -1.97. The molecule has 2 aromatic carbocycles. The van der Waals surface area contributed by atoms with Crippen molar-refractivity contribution in [3.8, 4) is 0 Å². The molecule has 0 unspecified atom stereocenters. The van der Waals surface area contributed by atoms with E-state index in [9.17, 15) is 0 Å². The predicted octanol–water partition coefficient (Wildman–Crippen LogP) is 6.01. The van der Waals surface area contributed by atoms with Gasteiger partial charge in [0.25, 0.3) is 0 Å². The maximum atomic E-state index is 4.61. The van der Waals surface area contributed by atoms with E-state index in [0.29, 0.717) is 0 Å². The summed E-state index contributed by atoms with van der Waals surface area (Å²) in [5, 5.41) is 3.26. The lowest BCUT2D eigenvalue weighted by molar-refractivity contribution is 0.939. The van der Waals surface area contributed by atoms with Gasteiger partial charge in [-0.3, -0.25) is 0 Å². The summed E-state index contributed by atoms with van der Waals surface area (Å²) in [5.74, 6) is 0. The van der Waals surface area contributed by atoms with Crippen molar-refractivity contribution in [1.29, 1.82) is 0 Å². The Kier molecular flexibility index (Phi) is 9.41. The van der Waals surface area contributed by atoms with Crippen molar-refractivity contribution >= 4 is 21.6 Å². The van der Waals surface area contributed by atoms with E-state index in [1.807, 2.05) is 12.3 Å². The molecule has 132 valence electrons. The van der Waals surface area contributed by atoms with Crippen molar-refractivity contribution in [2.45, 2.75) is 26.7 Å². The zero-order chi connectivity index (χ0) is 18.7. The van der Waals surface area contributed by atoms with Crippen LogP contribution in [0.2, 0.25) is 0 Å². The monoisotopic (exact) mass is 398 g/mol. The smallest absolute Gasteiger partial charge is 0.0382 e. The molecule has 0 atom stereocenters. The van der Waals surface area contributed by atoms with Crippen LogP contribution in [0.1, 0.15) is 22.3 Å². The van der Waals surface area contributed by atoms with Crippen molar-refractivity contribution in [3.63, 3.8) is 0 Å². The molecule has 0 radical (unpaired) electrons. The third kappa shape index (κ3) is 7.90. The quantitative estimate of drug-likeness (QED) is 0.584. The Bertz CT molecular complexity index is 733. The second-order valence-corrected chi connectivity index (χ2v) is 6.75. The molecule has 0 aliphatic heterocycles. The van der Waals surface area contributed by atoms with Gasteiger partial charge in [-0.05, 0) is 73.4 Å². The molecule has 0 spiro atoms. The first-order valence-electron chi connectivity index (χ1n) is 8.22. The Labute approximate surface area is 160 Å². The third-order valence-electron chi connectivity index (χ3n) is 3.78. The molecular formula is C22H27BrN2. The van der Waals surface area contributed by atoms with Gasteiger partial charge in [-0.15, -0.1) is 0 Å². The van der Waals surface area contributed by atoms with Crippen LogP contribution in [0.5, 0.6) is 0 Å². The highest BCUT2D eigenvalue weighted by Gasteiger charge is 2.02. The predicted molar refractivity (Wildman–Crippen MR) is 115 cm³/mol. The van der Waals surface area contributed by atoms with Crippen LogP contribution in [0.4, 0.5) is 5.69 Å². The van der Waals surface area contributed by atoms with Gasteiger partial charge in [0.2, 0.25) is 0 Å². The lowest BCUT2D eigenvalue weighted by Gasteiger charge is -2.10. The van der Waals surface area contributed by atoms with E-state index < -0.39 is 0 Å². The normalized spacial score (nSPS) is 10.0. The van der Waals surface area contributed by atoms with Crippen LogP contribution in [-0.2, 0) is 12.8 Å².